The average molecular weight is 285 g/mol. The minimum Gasteiger partial charge on any atom is -0.396 e. The second-order valence-electron chi connectivity index (χ2n) is 6.79. The van der Waals surface area contributed by atoms with E-state index in [0.29, 0.717) is 5.92 Å². The Bertz CT molecular complexity index is 304. The maximum atomic E-state index is 9.60. The second kappa shape index (κ2) is 6.73. The van der Waals surface area contributed by atoms with Crippen molar-refractivity contribution in [3.63, 3.8) is 0 Å². The van der Waals surface area contributed by atoms with E-state index in [1.165, 1.54) is 12.8 Å². The van der Waals surface area contributed by atoms with Crippen molar-refractivity contribution in [2.24, 2.45) is 5.92 Å². The minimum atomic E-state index is 0.0153. The number of rotatable bonds is 6. The molecule has 0 saturated carbocycles. The van der Waals surface area contributed by atoms with Crippen LogP contribution in [0.1, 0.15) is 57.8 Å². The van der Waals surface area contributed by atoms with E-state index in [1.807, 2.05) is 0 Å². The highest BCUT2D eigenvalue weighted by Gasteiger charge is 2.53. The predicted molar refractivity (Wildman–Crippen MR) is 79.5 cm³/mol. The van der Waals surface area contributed by atoms with Gasteiger partial charge in [-0.15, -0.1) is 0 Å². The molecule has 0 aromatic heterocycles. The molecule has 2 bridgehead atoms. The first-order valence-corrected chi connectivity index (χ1v) is 8.22. The fraction of sp³-hybridized carbons (Fsp3) is 1.00. The number of aliphatic hydroxyl groups is 3. The van der Waals surface area contributed by atoms with E-state index in [-0.39, 0.29) is 30.9 Å². The number of piperidine rings is 1. The molecule has 0 amide bonds. The molecule has 0 radical (unpaired) electrons. The highest BCUT2D eigenvalue weighted by molar-refractivity contribution is 5.08. The van der Waals surface area contributed by atoms with Gasteiger partial charge in [-0.1, -0.05) is 6.42 Å². The van der Waals surface area contributed by atoms with E-state index in [0.717, 1.165) is 44.9 Å². The van der Waals surface area contributed by atoms with Gasteiger partial charge in [0.05, 0.1) is 0 Å². The molecule has 2 aliphatic heterocycles. The van der Waals surface area contributed by atoms with Gasteiger partial charge in [0, 0.05) is 30.9 Å². The second-order valence-corrected chi connectivity index (χ2v) is 6.79. The van der Waals surface area contributed by atoms with Crippen molar-refractivity contribution in [1.29, 1.82) is 0 Å². The van der Waals surface area contributed by atoms with Crippen molar-refractivity contribution in [3.05, 3.63) is 0 Å². The van der Waals surface area contributed by atoms with E-state index in [9.17, 15) is 15.3 Å². The lowest BCUT2D eigenvalue weighted by Crippen LogP contribution is -2.64. The first-order chi connectivity index (χ1) is 9.65. The number of hydrogen-bond acceptors (Lipinski definition) is 4. The Balaban J connectivity index is 2.35. The van der Waals surface area contributed by atoms with E-state index in [1.54, 1.807) is 0 Å². The van der Waals surface area contributed by atoms with Gasteiger partial charge in [0.1, 0.15) is 0 Å². The third kappa shape index (κ3) is 2.63. The molecule has 0 aromatic rings. The van der Waals surface area contributed by atoms with E-state index in [2.05, 4.69) is 11.9 Å². The maximum Gasteiger partial charge on any atom is 0.0448 e. The normalized spacial score (nSPS) is 38.7. The topological polar surface area (TPSA) is 63.9 Å². The predicted octanol–water partition coefficient (Wildman–Crippen LogP) is 1.53. The zero-order valence-corrected chi connectivity index (χ0v) is 12.9. The van der Waals surface area contributed by atoms with Crippen molar-refractivity contribution in [2.75, 3.05) is 26.9 Å². The maximum absolute atomic E-state index is 9.60. The summed E-state index contributed by atoms with van der Waals surface area (Å²) in [4.78, 5) is 2.50. The molecule has 118 valence electrons. The monoisotopic (exact) mass is 285 g/mol. The zero-order valence-electron chi connectivity index (χ0n) is 12.9. The van der Waals surface area contributed by atoms with Gasteiger partial charge < -0.3 is 15.3 Å². The molecule has 2 fully saturated rings. The molecule has 20 heavy (non-hydrogen) atoms. The molecule has 3 N–H and O–H groups in total. The van der Waals surface area contributed by atoms with Crippen LogP contribution in [0.3, 0.4) is 0 Å². The molecule has 2 rings (SSSR count). The quantitative estimate of drug-likeness (QED) is 0.692. The fourth-order valence-electron chi connectivity index (χ4n) is 5.13. The van der Waals surface area contributed by atoms with Gasteiger partial charge in [-0.25, -0.2) is 0 Å². The molecule has 4 heteroatoms. The molecule has 0 spiro atoms. The summed E-state index contributed by atoms with van der Waals surface area (Å²) in [6.45, 7) is 0.685. The van der Waals surface area contributed by atoms with E-state index in [4.69, 9.17) is 0 Å². The van der Waals surface area contributed by atoms with Crippen LogP contribution in [0.5, 0.6) is 0 Å². The first kappa shape index (κ1) is 16.2. The lowest BCUT2D eigenvalue weighted by atomic mass is 9.68. The van der Waals surface area contributed by atoms with Gasteiger partial charge in [-0.05, 0) is 64.3 Å². The summed E-state index contributed by atoms with van der Waals surface area (Å²) in [7, 11) is 2.19. The van der Waals surface area contributed by atoms with Crippen LogP contribution in [-0.2, 0) is 0 Å². The van der Waals surface area contributed by atoms with Crippen LogP contribution in [0.2, 0.25) is 0 Å². The SMILES string of the molecule is CN1C2(CCO)CCCC(CCO)C1(CCO)CCC2. The van der Waals surface area contributed by atoms with Gasteiger partial charge in [-0.2, -0.15) is 0 Å². The summed E-state index contributed by atoms with van der Waals surface area (Å²) in [5.41, 5.74) is 0.119. The molecule has 0 aromatic carbocycles. The number of fused-ring (bicyclic) bond motifs is 2. The Kier molecular flexibility index (Phi) is 5.46. The van der Waals surface area contributed by atoms with Crippen LogP contribution in [0.25, 0.3) is 0 Å². The zero-order chi connectivity index (χ0) is 14.6. The lowest BCUT2D eigenvalue weighted by molar-refractivity contribution is -0.0884. The Morgan fingerprint density at radius 1 is 0.950 bits per heavy atom. The molecule has 2 aliphatic rings. The van der Waals surface area contributed by atoms with Crippen LogP contribution in [-0.4, -0.2) is 58.2 Å². The highest BCUT2D eigenvalue weighted by atomic mass is 16.3. The van der Waals surface area contributed by atoms with Crippen molar-refractivity contribution < 1.29 is 15.3 Å². The van der Waals surface area contributed by atoms with Crippen LogP contribution < -0.4 is 0 Å². The van der Waals surface area contributed by atoms with Crippen molar-refractivity contribution in [1.82, 2.24) is 4.90 Å². The highest BCUT2D eigenvalue weighted by Crippen LogP contribution is 2.51. The molecule has 2 saturated heterocycles. The Morgan fingerprint density at radius 3 is 2.30 bits per heavy atom. The summed E-state index contributed by atoms with van der Waals surface area (Å²) in [5.74, 6) is 0.463. The summed E-state index contributed by atoms with van der Waals surface area (Å²) < 4.78 is 0. The van der Waals surface area contributed by atoms with Crippen LogP contribution >= 0.6 is 0 Å². The first-order valence-electron chi connectivity index (χ1n) is 8.22. The standard InChI is InChI=1S/C16H31NO3/c1-17-15(9-12-19)6-2-4-14(5-11-18)16(17,10-13-20)8-3-7-15/h14,18-20H,2-13H2,1H3. The summed E-state index contributed by atoms with van der Waals surface area (Å²) in [6, 6.07) is 0. The number of hydrogen-bond donors (Lipinski definition) is 3. The molecular weight excluding hydrogens is 254 g/mol. The largest absolute Gasteiger partial charge is 0.396 e. The summed E-state index contributed by atoms with van der Waals surface area (Å²) >= 11 is 0. The molecule has 3 atom stereocenters. The molecule has 3 unspecified atom stereocenters. The Morgan fingerprint density at radius 2 is 1.65 bits per heavy atom. The molecule has 4 nitrogen and oxygen atoms in total. The number of nitrogens with zero attached hydrogens (tertiary/aromatic N) is 1. The fourth-order valence-corrected chi connectivity index (χ4v) is 5.13. The molecule has 0 aliphatic carbocycles. The summed E-state index contributed by atoms with van der Waals surface area (Å²) in [5, 5.41) is 28.5. The van der Waals surface area contributed by atoms with Crippen LogP contribution in [0.15, 0.2) is 0 Å². The third-order valence-electron chi connectivity index (χ3n) is 6.19. The summed E-state index contributed by atoms with van der Waals surface area (Å²) in [6.07, 6.45) is 9.35. The van der Waals surface area contributed by atoms with Gasteiger partial charge in [0.25, 0.3) is 0 Å². The van der Waals surface area contributed by atoms with Crippen LogP contribution in [0, 0.1) is 5.92 Å². The smallest absolute Gasteiger partial charge is 0.0448 e. The Labute approximate surface area is 122 Å². The van der Waals surface area contributed by atoms with E-state index < -0.39 is 0 Å². The molecular formula is C16H31NO3. The Hall–Kier alpha value is -0.160. The lowest BCUT2D eigenvalue weighted by Gasteiger charge is -2.58. The van der Waals surface area contributed by atoms with Gasteiger partial charge >= 0.3 is 0 Å². The average Bonchev–Trinajstić information content (AvgIpc) is 2.49. The van der Waals surface area contributed by atoms with Gasteiger partial charge in [-0.3, -0.25) is 4.90 Å². The number of aliphatic hydroxyl groups excluding tert-OH is 3. The van der Waals surface area contributed by atoms with Gasteiger partial charge in [0.2, 0.25) is 0 Å². The van der Waals surface area contributed by atoms with E-state index >= 15 is 0 Å². The minimum absolute atomic E-state index is 0.0153. The third-order valence-corrected chi connectivity index (χ3v) is 6.19. The van der Waals surface area contributed by atoms with Gasteiger partial charge in [0.15, 0.2) is 0 Å². The van der Waals surface area contributed by atoms with Crippen LogP contribution in [0.4, 0.5) is 0 Å². The van der Waals surface area contributed by atoms with Crippen molar-refractivity contribution >= 4 is 0 Å². The van der Waals surface area contributed by atoms with Crippen molar-refractivity contribution in [3.8, 4) is 0 Å². The molecule has 2 heterocycles. The van der Waals surface area contributed by atoms with Crippen molar-refractivity contribution in [2.45, 2.75) is 68.9 Å².